The molecule has 1 amide bonds. The highest BCUT2D eigenvalue weighted by molar-refractivity contribution is 6.06. The Kier molecular flexibility index (Phi) is 4.67. The lowest BCUT2D eigenvalue weighted by Gasteiger charge is -2.22. The van der Waals surface area contributed by atoms with Gasteiger partial charge in [-0.2, -0.15) is 5.10 Å². The molecule has 0 radical (unpaired) electrons. The first-order chi connectivity index (χ1) is 12.7. The zero-order valence-corrected chi connectivity index (χ0v) is 15.0. The Morgan fingerprint density at radius 3 is 2.88 bits per heavy atom. The van der Waals surface area contributed by atoms with Gasteiger partial charge in [-0.25, -0.2) is 0 Å². The number of carbonyl (C=O) groups is 1. The van der Waals surface area contributed by atoms with Crippen molar-refractivity contribution in [3.63, 3.8) is 0 Å². The van der Waals surface area contributed by atoms with Crippen molar-refractivity contribution in [2.45, 2.75) is 13.0 Å². The number of hydrogen-bond donors (Lipinski definition) is 0. The first-order valence-corrected chi connectivity index (χ1v) is 9.02. The number of benzene rings is 1. The summed E-state index contributed by atoms with van der Waals surface area (Å²) >= 11 is 0. The van der Waals surface area contributed by atoms with Crippen LogP contribution in [0.2, 0.25) is 0 Å². The van der Waals surface area contributed by atoms with Crippen LogP contribution in [0.4, 0.5) is 0 Å². The fourth-order valence-corrected chi connectivity index (χ4v) is 3.62. The van der Waals surface area contributed by atoms with Crippen LogP contribution >= 0.6 is 0 Å². The summed E-state index contributed by atoms with van der Waals surface area (Å²) in [6.07, 6.45) is 8.51. The molecule has 3 heterocycles. The average molecular weight is 349 g/mol. The molecule has 0 bridgehead atoms. The molecule has 0 N–H and O–H groups in total. The third-order valence-corrected chi connectivity index (χ3v) is 4.95. The molecule has 1 saturated heterocycles. The van der Waals surface area contributed by atoms with E-state index in [4.69, 9.17) is 0 Å². The summed E-state index contributed by atoms with van der Waals surface area (Å²) in [6, 6.07) is 7.78. The minimum Gasteiger partial charge on any atom is -0.337 e. The average Bonchev–Trinajstić information content (AvgIpc) is 2.93. The van der Waals surface area contributed by atoms with Crippen molar-refractivity contribution in [2.75, 3.05) is 26.2 Å². The molecule has 1 aromatic carbocycles. The summed E-state index contributed by atoms with van der Waals surface area (Å²) in [7, 11) is 1.94. The zero-order chi connectivity index (χ0) is 17.9. The third-order valence-electron chi connectivity index (χ3n) is 4.95. The van der Waals surface area contributed by atoms with Crippen molar-refractivity contribution < 1.29 is 4.79 Å². The quantitative estimate of drug-likeness (QED) is 0.728. The number of nitrogens with zero attached hydrogens (tertiary/aromatic N) is 5. The van der Waals surface area contributed by atoms with E-state index in [0.29, 0.717) is 0 Å². The fraction of sp³-hybridized carbons (Fsp3) is 0.350. The number of hydrogen-bond acceptors (Lipinski definition) is 4. The third kappa shape index (κ3) is 3.46. The highest BCUT2D eigenvalue weighted by Gasteiger charge is 2.21. The van der Waals surface area contributed by atoms with Gasteiger partial charge in [0.1, 0.15) is 0 Å². The van der Waals surface area contributed by atoms with Crippen LogP contribution in [0.1, 0.15) is 22.3 Å². The molecular weight excluding hydrogens is 326 g/mol. The lowest BCUT2D eigenvalue weighted by molar-refractivity contribution is 0.0763. The fourth-order valence-electron chi connectivity index (χ4n) is 3.62. The molecular formula is C20H23N5O. The molecule has 0 aliphatic carbocycles. The molecule has 6 heteroatoms. The van der Waals surface area contributed by atoms with Gasteiger partial charge in [-0.05, 0) is 23.9 Å². The van der Waals surface area contributed by atoms with Crippen LogP contribution in [0.5, 0.6) is 0 Å². The molecule has 3 aromatic rings. The van der Waals surface area contributed by atoms with Gasteiger partial charge in [0.05, 0.1) is 6.20 Å². The predicted octanol–water partition coefficient (Wildman–Crippen LogP) is 2.32. The first-order valence-electron chi connectivity index (χ1n) is 9.02. The van der Waals surface area contributed by atoms with Gasteiger partial charge in [-0.1, -0.05) is 12.1 Å². The van der Waals surface area contributed by atoms with Crippen molar-refractivity contribution in [3.8, 4) is 0 Å². The van der Waals surface area contributed by atoms with Crippen molar-refractivity contribution in [3.05, 3.63) is 60.2 Å². The first kappa shape index (κ1) is 16.7. The molecule has 0 spiro atoms. The monoisotopic (exact) mass is 349 g/mol. The summed E-state index contributed by atoms with van der Waals surface area (Å²) in [6.45, 7) is 4.31. The maximum absolute atomic E-state index is 13.1. The molecule has 1 fully saturated rings. The molecule has 0 atom stereocenters. The second-order valence-electron chi connectivity index (χ2n) is 6.85. The Bertz CT molecular complexity index is 914. The summed E-state index contributed by atoms with van der Waals surface area (Å²) in [4.78, 5) is 21.6. The normalized spacial score (nSPS) is 16.0. The van der Waals surface area contributed by atoms with Crippen molar-refractivity contribution in [2.24, 2.45) is 7.05 Å². The number of carbonyl (C=O) groups excluding carboxylic acids is 1. The van der Waals surface area contributed by atoms with Gasteiger partial charge in [-0.3, -0.25) is 19.4 Å². The molecule has 134 valence electrons. The topological polar surface area (TPSA) is 54.3 Å². The Hall–Kier alpha value is -2.73. The molecule has 1 aliphatic rings. The lowest BCUT2D eigenvalue weighted by atomic mass is 10.1. The van der Waals surface area contributed by atoms with E-state index in [0.717, 1.165) is 55.5 Å². The molecule has 4 rings (SSSR count). The van der Waals surface area contributed by atoms with Gasteiger partial charge >= 0.3 is 0 Å². The van der Waals surface area contributed by atoms with Crippen LogP contribution in [-0.4, -0.2) is 56.7 Å². The highest BCUT2D eigenvalue weighted by Crippen LogP contribution is 2.20. The van der Waals surface area contributed by atoms with E-state index in [1.807, 2.05) is 53.3 Å². The van der Waals surface area contributed by atoms with Crippen LogP contribution in [0.25, 0.3) is 10.8 Å². The number of aromatic nitrogens is 3. The Morgan fingerprint density at radius 1 is 1.12 bits per heavy atom. The minimum atomic E-state index is 0.116. The standard InChI is InChI=1S/C20H23N5O/c1-23-14-16(12-22-23)15-24-8-3-9-25(11-10-24)20(26)19-5-2-4-17-13-21-7-6-18(17)19/h2,4-7,12-14H,3,8-11,15H2,1H3. The van der Waals surface area contributed by atoms with Gasteiger partial charge in [0.25, 0.3) is 5.91 Å². The molecule has 6 nitrogen and oxygen atoms in total. The Labute approximate surface area is 153 Å². The summed E-state index contributed by atoms with van der Waals surface area (Å²) in [5, 5.41) is 6.22. The van der Waals surface area contributed by atoms with E-state index >= 15 is 0 Å². The van der Waals surface area contributed by atoms with Crippen LogP contribution in [0.15, 0.2) is 49.1 Å². The predicted molar refractivity (Wildman–Crippen MR) is 101 cm³/mol. The molecule has 26 heavy (non-hydrogen) atoms. The van der Waals surface area contributed by atoms with Crippen molar-refractivity contribution in [1.82, 2.24) is 24.6 Å². The van der Waals surface area contributed by atoms with E-state index in [1.165, 1.54) is 5.56 Å². The molecule has 1 aliphatic heterocycles. The van der Waals surface area contributed by atoms with Crippen LogP contribution in [0.3, 0.4) is 0 Å². The number of pyridine rings is 1. The van der Waals surface area contributed by atoms with E-state index in [1.54, 1.807) is 6.20 Å². The summed E-state index contributed by atoms with van der Waals surface area (Å²) in [5.74, 6) is 0.116. The minimum absolute atomic E-state index is 0.116. The smallest absolute Gasteiger partial charge is 0.254 e. The van der Waals surface area contributed by atoms with Gasteiger partial charge < -0.3 is 4.90 Å². The highest BCUT2D eigenvalue weighted by atomic mass is 16.2. The second-order valence-corrected chi connectivity index (χ2v) is 6.85. The van der Waals surface area contributed by atoms with Gasteiger partial charge in [0, 0.05) is 74.9 Å². The van der Waals surface area contributed by atoms with Crippen LogP contribution < -0.4 is 0 Å². The zero-order valence-electron chi connectivity index (χ0n) is 15.0. The van der Waals surface area contributed by atoms with E-state index in [2.05, 4.69) is 21.2 Å². The van der Waals surface area contributed by atoms with Crippen molar-refractivity contribution in [1.29, 1.82) is 0 Å². The summed E-state index contributed by atoms with van der Waals surface area (Å²) in [5.41, 5.74) is 1.99. The SMILES string of the molecule is Cn1cc(CN2CCCN(C(=O)c3cccc4cnccc34)CC2)cn1. The van der Waals surface area contributed by atoms with E-state index in [9.17, 15) is 4.79 Å². The Morgan fingerprint density at radius 2 is 2.04 bits per heavy atom. The maximum atomic E-state index is 13.1. The lowest BCUT2D eigenvalue weighted by Crippen LogP contribution is -2.35. The maximum Gasteiger partial charge on any atom is 0.254 e. The van der Waals surface area contributed by atoms with E-state index in [-0.39, 0.29) is 5.91 Å². The number of aryl methyl sites for hydroxylation is 1. The molecule has 0 unspecified atom stereocenters. The van der Waals surface area contributed by atoms with Gasteiger partial charge in [0.15, 0.2) is 0 Å². The van der Waals surface area contributed by atoms with Crippen LogP contribution in [-0.2, 0) is 13.6 Å². The van der Waals surface area contributed by atoms with E-state index < -0.39 is 0 Å². The Balaban J connectivity index is 1.47. The van der Waals surface area contributed by atoms with Gasteiger partial charge in [0.2, 0.25) is 0 Å². The molecule has 0 saturated carbocycles. The number of fused-ring (bicyclic) bond motifs is 1. The van der Waals surface area contributed by atoms with Gasteiger partial charge in [-0.15, -0.1) is 0 Å². The largest absolute Gasteiger partial charge is 0.337 e. The second kappa shape index (κ2) is 7.25. The van der Waals surface area contributed by atoms with Crippen LogP contribution in [0, 0.1) is 0 Å². The summed E-state index contributed by atoms with van der Waals surface area (Å²) < 4.78 is 1.83. The van der Waals surface area contributed by atoms with Crippen molar-refractivity contribution >= 4 is 16.7 Å². The number of amides is 1. The molecule has 2 aromatic heterocycles. The number of rotatable bonds is 3.